The maximum Gasteiger partial charge on any atom is 0.348 e. The van der Waals surface area contributed by atoms with E-state index in [1.54, 1.807) is 12.3 Å². The molecule has 0 fully saturated rings. The van der Waals surface area contributed by atoms with E-state index in [0.717, 1.165) is 27.2 Å². The zero-order valence-electron chi connectivity index (χ0n) is 18.3. The molecule has 36 heavy (non-hydrogen) atoms. The van der Waals surface area contributed by atoms with Gasteiger partial charge >= 0.3 is 6.01 Å². The second kappa shape index (κ2) is 9.43. The lowest BCUT2D eigenvalue weighted by Crippen LogP contribution is -2.28. The number of rotatable bonds is 7. The molecule has 4 aromatic rings. The Morgan fingerprint density at radius 1 is 1.17 bits per heavy atom. The largest absolute Gasteiger partial charge is 0.364 e. The van der Waals surface area contributed by atoms with Gasteiger partial charge in [0.1, 0.15) is 17.3 Å². The van der Waals surface area contributed by atoms with Gasteiger partial charge in [-0.05, 0) is 6.92 Å². The summed E-state index contributed by atoms with van der Waals surface area (Å²) in [6.07, 6.45) is 2.57. The van der Waals surface area contributed by atoms with E-state index in [-0.39, 0.29) is 28.5 Å². The fourth-order valence-electron chi connectivity index (χ4n) is 2.90. The Hall–Kier alpha value is -5.44. The van der Waals surface area contributed by atoms with Crippen molar-refractivity contribution in [3.63, 3.8) is 0 Å². The molecule has 0 radical (unpaired) electrons. The van der Waals surface area contributed by atoms with Gasteiger partial charge in [0.05, 0.1) is 5.69 Å². The number of hydrogen-bond acceptors (Lipinski definition) is 14. The minimum absolute atomic E-state index is 0.0118. The second-order valence-corrected chi connectivity index (χ2v) is 7.57. The number of anilines is 2. The lowest BCUT2D eigenvalue weighted by molar-refractivity contribution is -0.115. The molecule has 180 valence electrons. The molecule has 0 unspecified atom stereocenters. The van der Waals surface area contributed by atoms with Crippen molar-refractivity contribution in [1.82, 2.24) is 34.9 Å². The second-order valence-electron chi connectivity index (χ2n) is 6.70. The molecule has 0 saturated carbocycles. The Balaban J connectivity index is 1.87. The molecular weight excluding hydrogens is 494 g/mol. The van der Waals surface area contributed by atoms with E-state index >= 15 is 0 Å². The Labute approximate surface area is 204 Å². The quantitative estimate of drug-likeness (QED) is 0.333. The molecule has 0 saturated heterocycles. The SMILES string of the molecule is CC(=O)N(c1nc(C(N)=O)c(N=Nc2nn(-c3ncno3)c(C)c2C#N)c(C(N)=O)n1)c1nccs1. The summed E-state index contributed by atoms with van der Waals surface area (Å²) in [5.41, 5.74) is 9.60. The summed E-state index contributed by atoms with van der Waals surface area (Å²) in [4.78, 5) is 53.6. The van der Waals surface area contributed by atoms with Gasteiger partial charge in [-0.15, -0.1) is 26.7 Å². The third-order valence-corrected chi connectivity index (χ3v) is 5.21. The van der Waals surface area contributed by atoms with Crippen LogP contribution in [0.4, 0.5) is 22.6 Å². The van der Waals surface area contributed by atoms with Crippen molar-refractivity contribution in [3.05, 3.63) is 40.5 Å². The number of nitriles is 1. The smallest absolute Gasteiger partial charge is 0.348 e. The Kier molecular flexibility index (Phi) is 6.21. The maximum absolute atomic E-state index is 12.3. The molecule has 18 heteroatoms. The first kappa shape index (κ1) is 23.7. The van der Waals surface area contributed by atoms with Crippen LogP contribution in [0.3, 0.4) is 0 Å². The predicted molar refractivity (Wildman–Crippen MR) is 119 cm³/mol. The van der Waals surface area contributed by atoms with E-state index in [1.807, 2.05) is 6.07 Å². The first-order valence-corrected chi connectivity index (χ1v) is 10.5. The van der Waals surface area contributed by atoms with E-state index in [9.17, 15) is 19.6 Å². The van der Waals surface area contributed by atoms with Crippen LogP contribution >= 0.6 is 11.3 Å². The van der Waals surface area contributed by atoms with Crippen molar-refractivity contribution >= 4 is 51.6 Å². The molecule has 0 aliphatic rings. The zero-order valence-corrected chi connectivity index (χ0v) is 19.2. The normalized spacial score (nSPS) is 10.9. The minimum atomic E-state index is -1.12. The highest BCUT2D eigenvalue weighted by molar-refractivity contribution is 7.13. The molecule has 0 aliphatic carbocycles. The molecule has 4 rings (SSSR count). The van der Waals surface area contributed by atoms with E-state index in [4.69, 9.17) is 16.0 Å². The van der Waals surface area contributed by atoms with Crippen molar-refractivity contribution in [1.29, 1.82) is 5.26 Å². The Morgan fingerprint density at radius 2 is 1.86 bits per heavy atom. The van der Waals surface area contributed by atoms with Gasteiger partial charge in [0.25, 0.3) is 11.8 Å². The minimum Gasteiger partial charge on any atom is -0.364 e. The van der Waals surface area contributed by atoms with Crippen molar-refractivity contribution in [3.8, 4) is 12.1 Å². The van der Waals surface area contributed by atoms with Crippen LogP contribution in [0.1, 0.15) is 39.2 Å². The maximum atomic E-state index is 12.3. The van der Waals surface area contributed by atoms with Gasteiger partial charge in [-0.3, -0.25) is 14.4 Å². The first-order chi connectivity index (χ1) is 17.2. The molecule has 0 aromatic carbocycles. The topological polar surface area (TPSA) is 250 Å². The van der Waals surface area contributed by atoms with Crippen LogP contribution in [0, 0.1) is 18.3 Å². The fraction of sp³-hybridized carbons (Fsp3) is 0.111. The fourth-order valence-corrected chi connectivity index (χ4v) is 3.58. The van der Waals surface area contributed by atoms with Gasteiger partial charge in [-0.2, -0.15) is 14.9 Å². The van der Waals surface area contributed by atoms with E-state index in [1.165, 1.54) is 13.1 Å². The van der Waals surface area contributed by atoms with Crippen molar-refractivity contribution in [2.24, 2.45) is 21.7 Å². The van der Waals surface area contributed by atoms with Crippen LogP contribution in [0.5, 0.6) is 0 Å². The van der Waals surface area contributed by atoms with Crippen LogP contribution < -0.4 is 16.4 Å². The first-order valence-electron chi connectivity index (χ1n) is 9.63. The summed E-state index contributed by atoms with van der Waals surface area (Å²) in [5.74, 6) is -3.40. The predicted octanol–water partition coefficient (Wildman–Crippen LogP) is 0.980. The third-order valence-electron chi connectivity index (χ3n) is 4.45. The van der Waals surface area contributed by atoms with Crippen LogP contribution in [0.2, 0.25) is 0 Å². The van der Waals surface area contributed by atoms with E-state index in [0.29, 0.717) is 5.69 Å². The van der Waals surface area contributed by atoms with Gasteiger partial charge in [0.15, 0.2) is 22.8 Å². The number of primary amides is 2. The summed E-state index contributed by atoms with van der Waals surface area (Å²) in [7, 11) is 0. The van der Waals surface area contributed by atoms with Crippen LogP contribution in [-0.4, -0.2) is 52.6 Å². The highest BCUT2D eigenvalue weighted by atomic mass is 32.1. The van der Waals surface area contributed by atoms with Gasteiger partial charge in [0.2, 0.25) is 17.7 Å². The molecule has 4 N–H and O–H groups in total. The molecule has 0 bridgehead atoms. The van der Waals surface area contributed by atoms with Gasteiger partial charge < -0.3 is 16.0 Å². The molecule has 0 spiro atoms. The Bertz CT molecular complexity index is 1520. The number of nitrogens with zero attached hydrogens (tertiary/aromatic N) is 11. The zero-order chi connectivity index (χ0) is 26.0. The van der Waals surface area contributed by atoms with Gasteiger partial charge in [-0.25, -0.2) is 19.9 Å². The number of carbonyl (C=O) groups excluding carboxylic acids is 3. The van der Waals surface area contributed by atoms with Crippen molar-refractivity contribution < 1.29 is 18.9 Å². The Morgan fingerprint density at radius 3 is 2.36 bits per heavy atom. The van der Waals surface area contributed by atoms with Crippen molar-refractivity contribution in [2.45, 2.75) is 13.8 Å². The number of carbonyl (C=O) groups is 3. The molecule has 4 aromatic heterocycles. The summed E-state index contributed by atoms with van der Waals surface area (Å²) < 4.78 is 6.10. The van der Waals surface area contributed by atoms with E-state index < -0.39 is 34.8 Å². The van der Waals surface area contributed by atoms with E-state index in [2.05, 4.69) is 40.4 Å². The van der Waals surface area contributed by atoms with Crippen LogP contribution in [0.25, 0.3) is 6.01 Å². The lowest BCUT2D eigenvalue weighted by Gasteiger charge is -2.17. The highest BCUT2D eigenvalue weighted by Crippen LogP contribution is 2.31. The molecule has 3 amide bonds. The number of amides is 3. The summed E-state index contributed by atoms with van der Waals surface area (Å²) in [6.45, 7) is 2.75. The third kappa shape index (κ3) is 4.24. The summed E-state index contributed by atoms with van der Waals surface area (Å²) >= 11 is 1.08. The van der Waals surface area contributed by atoms with Crippen LogP contribution in [-0.2, 0) is 4.79 Å². The number of thiazole rings is 1. The average Bonchev–Trinajstić information content (AvgIpc) is 3.59. The van der Waals surface area contributed by atoms with Crippen LogP contribution in [0.15, 0.2) is 32.7 Å². The number of nitrogens with two attached hydrogens (primary N) is 2. The summed E-state index contributed by atoms with van der Waals surface area (Å²) in [5, 5.41) is 26.6. The lowest BCUT2D eigenvalue weighted by atomic mass is 10.2. The number of hydrogen-bond donors (Lipinski definition) is 2. The molecule has 0 aliphatic heterocycles. The van der Waals surface area contributed by atoms with Crippen molar-refractivity contribution in [2.75, 3.05) is 4.90 Å². The molecule has 0 atom stereocenters. The monoisotopic (exact) mass is 507 g/mol. The average molecular weight is 507 g/mol. The highest BCUT2D eigenvalue weighted by Gasteiger charge is 2.28. The molecule has 17 nitrogen and oxygen atoms in total. The van der Waals surface area contributed by atoms with Gasteiger partial charge in [-0.1, -0.05) is 5.16 Å². The standard InChI is InChI=1S/C18H13N13O4S/c1-7-9(5-19)15(29-31(7)17-23-6-24-35-17)28-27-10-11(13(20)33)25-16(26-12(10)14(21)34)30(8(2)32)18-22-3-4-36-18/h3-4,6H,1-2H3,(H2,20,33)(H2,21,34). The summed E-state index contributed by atoms with van der Waals surface area (Å²) in [6, 6.07) is 1.88. The van der Waals surface area contributed by atoms with Gasteiger partial charge in [0, 0.05) is 18.5 Å². The molecular formula is C18H13N13O4S. The number of azo groups is 1. The molecule has 4 heterocycles. The number of aromatic nitrogens is 7.